The van der Waals surface area contributed by atoms with E-state index >= 15 is 0 Å². The van der Waals surface area contributed by atoms with Crippen molar-refractivity contribution in [3.8, 4) is 0 Å². The molecule has 0 radical (unpaired) electrons. The van der Waals surface area contributed by atoms with Crippen molar-refractivity contribution in [1.29, 1.82) is 0 Å². The summed E-state index contributed by atoms with van der Waals surface area (Å²) in [6.07, 6.45) is 4.76. The number of carbonyl (C=O) groups excluding carboxylic acids is 1. The van der Waals surface area contributed by atoms with Crippen LogP contribution in [0.4, 0.5) is 0 Å². The molecule has 168 valence electrons. The summed E-state index contributed by atoms with van der Waals surface area (Å²) in [7, 11) is -3.73. The number of aromatic nitrogens is 3. The fourth-order valence-electron chi connectivity index (χ4n) is 5.15. The van der Waals surface area contributed by atoms with E-state index in [0.29, 0.717) is 29.8 Å². The van der Waals surface area contributed by atoms with E-state index in [-0.39, 0.29) is 40.3 Å². The maximum atomic E-state index is 13.4. The van der Waals surface area contributed by atoms with Crippen molar-refractivity contribution in [2.24, 2.45) is 0 Å². The highest BCUT2D eigenvalue weighted by atomic mass is 32.2. The Morgan fingerprint density at radius 2 is 1.78 bits per heavy atom. The van der Waals surface area contributed by atoms with E-state index in [1.807, 2.05) is 0 Å². The van der Waals surface area contributed by atoms with Crippen LogP contribution in [-0.4, -0.2) is 51.9 Å². The summed E-state index contributed by atoms with van der Waals surface area (Å²) in [4.78, 5) is 29.5. The summed E-state index contributed by atoms with van der Waals surface area (Å²) in [5, 5.41) is 6.92. The minimum Gasteiger partial charge on any atom is -0.360 e. The molecule has 3 fully saturated rings. The number of carbonyl (C=O) groups is 1. The highest BCUT2D eigenvalue weighted by Gasteiger charge is 2.47. The summed E-state index contributed by atoms with van der Waals surface area (Å²) >= 11 is 0. The minimum absolute atomic E-state index is 0.115. The number of hydrogen-bond acceptors (Lipinski definition) is 6. The van der Waals surface area contributed by atoms with E-state index in [1.165, 1.54) is 12.1 Å². The Morgan fingerprint density at radius 3 is 2.50 bits per heavy atom. The predicted molar refractivity (Wildman–Crippen MR) is 114 cm³/mol. The zero-order chi connectivity index (χ0) is 22.0. The average molecular weight is 458 g/mol. The Bertz CT molecular complexity index is 1350. The van der Waals surface area contributed by atoms with Crippen LogP contribution in [0.2, 0.25) is 0 Å². The molecule has 3 atom stereocenters. The van der Waals surface area contributed by atoms with Crippen molar-refractivity contribution >= 4 is 27.0 Å². The van der Waals surface area contributed by atoms with Gasteiger partial charge in [-0.1, -0.05) is 5.16 Å². The molecule has 32 heavy (non-hydrogen) atoms. The molecule has 3 aliphatic rings. The van der Waals surface area contributed by atoms with Crippen molar-refractivity contribution in [3.05, 3.63) is 46.2 Å². The first-order valence-corrected chi connectivity index (χ1v) is 12.4. The van der Waals surface area contributed by atoms with Crippen LogP contribution in [-0.2, 0) is 10.0 Å². The number of imidazole rings is 1. The number of benzene rings is 1. The van der Waals surface area contributed by atoms with Crippen molar-refractivity contribution in [2.75, 3.05) is 0 Å². The zero-order valence-electron chi connectivity index (χ0n) is 17.2. The third-order valence-electron chi connectivity index (χ3n) is 6.80. The van der Waals surface area contributed by atoms with E-state index < -0.39 is 10.0 Å². The summed E-state index contributed by atoms with van der Waals surface area (Å²) in [5.74, 6) is 0.872. The highest BCUT2D eigenvalue weighted by Crippen LogP contribution is 2.41. The van der Waals surface area contributed by atoms with Crippen LogP contribution < -0.4 is 11.0 Å². The first-order chi connectivity index (χ1) is 15.4. The molecule has 2 bridgehead atoms. The third kappa shape index (κ3) is 3.27. The molecule has 2 saturated heterocycles. The smallest absolute Gasteiger partial charge is 0.323 e. The van der Waals surface area contributed by atoms with Gasteiger partial charge in [0.15, 0.2) is 5.69 Å². The summed E-state index contributed by atoms with van der Waals surface area (Å²) in [6, 6.07) is 5.87. The maximum Gasteiger partial charge on any atom is 0.323 e. The topological polar surface area (TPSA) is 141 Å². The molecular formula is C21H23N5O5S. The Morgan fingerprint density at radius 1 is 1.06 bits per heavy atom. The molecule has 1 amide bonds. The summed E-state index contributed by atoms with van der Waals surface area (Å²) < 4.78 is 33.7. The van der Waals surface area contributed by atoms with Gasteiger partial charge in [-0.3, -0.25) is 4.79 Å². The monoisotopic (exact) mass is 457 g/mol. The Hall–Kier alpha value is -2.92. The summed E-state index contributed by atoms with van der Waals surface area (Å²) in [5.41, 5.74) is 0.936. The van der Waals surface area contributed by atoms with Crippen molar-refractivity contribution in [2.45, 2.75) is 67.5 Å². The van der Waals surface area contributed by atoms with Gasteiger partial charge in [0.1, 0.15) is 5.76 Å². The number of rotatable bonds is 5. The molecule has 2 aliphatic heterocycles. The number of hydrogen-bond donors (Lipinski definition) is 3. The molecule has 2 aromatic heterocycles. The molecule has 1 aliphatic carbocycles. The molecule has 11 heteroatoms. The second-order valence-corrected chi connectivity index (χ2v) is 10.9. The van der Waals surface area contributed by atoms with Crippen LogP contribution in [0.3, 0.4) is 0 Å². The third-order valence-corrected chi connectivity index (χ3v) is 8.81. The Balaban J connectivity index is 1.19. The van der Waals surface area contributed by atoms with Gasteiger partial charge in [0, 0.05) is 30.1 Å². The Labute approximate surface area is 183 Å². The predicted octanol–water partition coefficient (Wildman–Crippen LogP) is 1.84. The van der Waals surface area contributed by atoms with Gasteiger partial charge in [0.2, 0.25) is 10.0 Å². The number of nitrogens with zero attached hydrogens (tertiary/aromatic N) is 2. The van der Waals surface area contributed by atoms with Gasteiger partial charge >= 0.3 is 5.69 Å². The molecule has 1 saturated carbocycles. The van der Waals surface area contributed by atoms with E-state index in [0.717, 1.165) is 31.4 Å². The molecule has 3 aromatic rings. The van der Waals surface area contributed by atoms with E-state index in [4.69, 9.17) is 4.52 Å². The number of sulfonamides is 1. The number of H-pyrrole nitrogens is 2. The quantitative estimate of drug-likeness (QED) is 0.534. The standard InChI is InChI=1S/C21H23N5O5S/c27-20(18-10-19(31-25-18)11-1-2-11)22-12-7-13-3-4-14(8-12)26(13)32(29,30)15-5-6-16-17(9-15)24-21(28)23-16/h5-6,9-14H,1-4,7-8H2,(H,22,27)(H2,23,24,28)/t12-,13+,14-. The fourth-order valence-corrected chi connectivity index (χ4v) is 7.07. The van der Waals surface area contributed by atoms with Gasteiger partial charge in [0.25, 0.3) is 5.91 Å². The normalized spacial score (nSPS) is 25.9. The number of piperidine rings is 1. The summed E-state index contributed by atoms with van der Waals surface area (Å²) in [6.45, 7) is 0. The molecule has 1 aromatic carbocycles. The van der Waals surface area contributed by atoms with Gasteiger partial charge in [-0.05, 0) is 56.7 Å². The first-order valence-electron chi connectivity index (χ1n) is 10.9. The second kappa shape index (κ2) is 7.04. The Kier molecular flexibility index (Phi) is 4.34. The molecule has 0 spiro atoms. The number of fused-ring (bicyclic) bond motifs is 3. The highest BCUT2D eigenvalue weighted by molar-refractivity contribution is 7.89. The lowest BCUT2D eigenvalue weighted by molar-refractivity contribution is 0.0900. The first kappa shape index (κ1) is 19.7. The SMILES string of the molecule is O=C(N[C@H]1C[C@H]2CC[C@@H](C1)N2S(=O)(=O)c1ccc2[nH]c(=O)[nH]c2c1)c1cc(C2CC2)on1. The second-order valence-electron chi connectivity index (χ2n) is 9.04. The van der Waals surface area contributed by atoms with Crippen LogP contribution >= 0.6 is 0 Å². The maximum absolute atomic E-state index is 13.4. The largest absolute Gasteiger partial charge is 0.360 e. The molecule has 6 rings (SSSR count). The fraction of sp³-hybridized carbons (Fsp3) is 0.476. The zero-order valence-corrected chi connectivity index (χ0v) is 18.0. The van der Waals surface area contributed by atoms with Crippen LogP contribution in [0, 0.1) is 0 Å². The van der Waals surface area contributed by atoms with E-state index in [1.54, 1.807) is 16.4 Å². The lowest BCUT2D eigenvalue weighted by Crippen LogP contribution is -2.52. The number of nitrogens with one attached hydrogen (secondary N) is 3. The van der Waals surface area contributed by atoms with E-state index in [9.17, 15) is 18.0 Å². The van der Waals surface area contributed by atoms with Gasteiger partial charge in [-0.2, -0.15) is 4.31 Å². The van der Waals surface area contributed by atoms with Crippen LogP contribution in [0.1, 0.15) is 60.7 Å². The minimum atomic E-state index is -3.73. The van der Waals surface area contributed by atoms with Crippen molar-refractivity contribution in [1.82, 2.24) is 24.7 Å². The van der Waals surface area contributed by atoms with Gasteiger partial charge in [-0.25, -0.2) is 13.2 Å². The van der Waals surface area contributed by atoms with E-state index in [2.05, 4.69) is 20.4 Å². The average Bonchev–Trinajstić information content (AvgIpc) is 3.23. The lowest BCUT2D eigenvalue weighted by atomic mass is 9.99. The lowest BCUT2D eigenvalue weighted by Gasteiger charge is -2.38. The molecule has 0 unspecified atom stereocenters. The van der Waals surface area contributed by atoms with Crippen LogP contribution in [0.15, 0.2) is 38.5 Å². The van der Waals surface area contributed by atoms with Crippen LogP contribution in [0.25, 0.3) is 11.0 Å². The molecule has 10 nitrogen and oxygen atoms in total. The number of aromatic amines is 2. The van der Waals surface area contributed by atoms with Crippen molar-refractivity contribution in [3.63, 3.8) is 0 Å². The molecule has 4 heterocycles. The molecule has 3 N–H and O–H groups in total. The van der Waals surface area contributed by atoms with Crippen molar-refractivity contribution < 1.29 is 17.7 Å². The van der Waals surface area contributed by atoms with Gasteiger partial charge < -0.3 is 19.8 Å². The van der Waals surface area contributed by atoms with Crippen LogP contribution in [0.5, 0.6) is 0 Å². The molecular weight excluding hydrogens is 434 g/mol. The van der Waals surface area contributed by atoms with Gasteiger partial charge in [0.05, 0.1) is 15.9 Å². The number of amides is 1. The van der Waals surface area contributed by atoms with Gasteiger partial charge in [-0.15, -0.1) is 0 Å².